The van der Waals surface area contributed by atoms with Gasteiger partial charge in [-0.15, -0.1) is 12.4 Å². The molecular formula is C19H21BrClF2NO3. The van der Waals surface area contributed by atoms with Crippen molar-refractivity contribution in [2.24, 2.45) is 0 Å². The molecule has 148 valence electrons. The largest absolute Gasteiger partial charge is 0.491 e. The van der Waals surface area contributed by atoms with Crippen LogP contribution in [0.3, 0.4) is 0 Å². The van der Waals surface area contributed by atoms with Crippen molar-refractivity contribution >= 4 is 28.3 Å². The van der Waals surface area contributed by atoms with Crippen molar-refractivity contribution in [3.8, 4) is 5.75 Å². The summed E-state index contributed by atoms with van der Waals surface area (Å²) >= 11 is 3.36. The Morgan fingerprint density at radius 2 is 1.93 bits per heavy atom. The monoisotopic (exact) mass is 463 g/mol. The van der Waals surface area contributed by atoms with E-state index in [2.05, 4.69) is 15.9 Å². The van der Waals surface area contributed by atoms with Crippen molar-refractivity contribution in [2.45, 2.75) is 12.2 Å². The molecular weight excluding hydrogens is 444 g/mol. The number of aliphatic hydroxyl groups excluding tert-OH is 1. The first-order chi connectivity index (χ1) is 12.5. The van der Waals surface area contributed by atoms with Crippen LogP contribution in [0.15, 0.2) is 46.9 Å². The number of aliphatic hydroxyl groups is 1. The molecule has 8 heteroatoms. The molecule has 2 aromatic carbocycles. The lowest BCUT2D eigenvalue weighted by atomic mass is 10.1. The number of ether oxygens (including phenoxy) is 2. The summed E-state index contributed by atoms with van der Waals surface area (Å²) < 4.78 is 38.7. The molecule has 0 amide bonds. The number of hydrogen-bond acceptors (Lipinski definition) is 4. The van der Waals surface area contributed by atoms with Crippen LogP contribution in [-0.4, -0.2) is 49.0 Å². The average molecular weight is 465 g/mol. The summed E-state index contributed by atoms with van der Waals surface area (Å²) in [6.45, 7) is 2.22. The first kappa shape index (κ1) is 22.0. The number of β-amino-alcohol motifs (C(OH)–C–C–N with tert-alkyl or cyclic N) is 1. The Hall–Kier alpha value is -1.25. The summed E-state index contributed by atoms with van der Waals surface area (Å²) in [4.78, 5) is 2.03. The molecule has 1 N–H and O–H groups in total. The molecule has 1 heterocycles. The van der Waals surface area contributed by atoms with Crippen molar-refractivity contribution in [2.75, 3.05) is 32.8 Å². The third-order valence-electron chi connectivity index (χ3n) is 4.19. The Morgan fingerprint density at radius 1 is 1.19 bits per heavy atom. The lowest BCUT2D eigenvalue weighted by Gasteiger charge is -2.34. The molecule has 0 aliphatic carbocycles. The Balaban J connectivity index is 0.00000261. The summed E-state index contributed by atoms with van der Waals surface area (Å²) in [5.41, 5.74) is 0.592. The maximum Gasteiger partial charge on any atom is 0.159 e. The van der Waals surface area contributed by atoms with Crippen LogP contribution in [-0.2, 0) is 4.74 Å². The maximum atomic E-state index is 13.4. The molecule has 1 aliphatic rings. The molecule has 0 saturated carbocycles. The number of rotatable bonds is 6. The second-order valence-electron chi connectivity index (χ2n) is 6.21. The molecule has 2 aromatic rings. The van der Waals surface area contributed by atoms with Crippen molar-refractivity contribution < 1.29 is 23.4 Å². The lowest BCUT2D eigenvalue weighted by molar-refractivity contribution is -0.0460. The quantitative estimate of drug-likeness (QED) is 0.703. The summed E-state index contributed by atoms with van der Waals surface area (Å²) in [6.07, 6.45) is -1.01. The van der Waals surface area contributed by atoms with Crippen LogP contribution in [0, 0.1) is 11.6 Å². The van der Waals surface area contributed by atoms with Crippen LogP contribution in [0.1, 0.15) is 11.7 Å². The minimum Gasteiger partial charge on any atom is -0.491 e. The maximum absolute atomic E-state index is 13.4. The highest BCUT2D eigenvalue weighted by molar-refractivity contribution is 9.10. The van der Waals surface area contributed by atoms with Gasteiger partial charge in [0.25, 0.3) is 0 Å². The molecule has 0 spiro atoms. The van der Waals surface area contributed by atoms with E-state index in [0.29, 0.717) is 37.6 Å². The number of halogens is 4. The van der Waals surface area contributed by atoms with Crippen LogP contribution in [0.25, 0.3) is 0 Å². The Morgan fingerprint density at radius 3 is 2.63 bits per heavy atom. The second-order valence-corrected chi connectivity index (χ2v) is 7.13. The molecule has 27 heavy (non-hydrogen) atoms. The third-order valence-corrected chi connectivity index (χ3v) is 4.72. The highest BCUT2D eigenvalue weighted by atomic mass is 79.9. The van der Waals surface area contributed by atoms with Gasteiger partial charge in [0, 0.05) is 24.1 Å². The predicted molar refractivity (Wildman–Crippen MR) is 104 cm³/mol. The van der Waals surface area contributed by atoms with Gasteiger partial charge in [-0.25, -0.2) is 8.78 Å². The highest BCUT2D eigenvalue weighted by Gasteiger charge is 2.24. The highest BCUT2D eigenvalue weighted by Crippen LogP contribution is 2.24. The Kier molecular flexibility index (Phi) is 8.44. The fraction of sp³-hybridized carbons (Fsp3) is 0.368. The van der Waals surface area contributed by atoms with Gasteiger partial charge in [-0.1, -0.05) is 22.0 Å². The second kappa shape index (κ2) is 10.3. The Bertz CT molecular complexity index is 735. The molecule has 1 fully saturated rings. The molecule has 1 aliphatic heterocycles. The van der Waals surface area contributed by atoms with Crippen molar-refractivity contribution in [1.82, 2.24) is 4.90 Å². The minimum absolute atomic E-state index is 0. The van der Waals surface area contributed by atoms with E-state index in [0.717, 1.165) is 16.6 Å². The van der Waals surface area contributed by atoms with Crippen molar-refractivity contribution in [1.29, 1.82) is 0 Å². The molecule has 0 aromatic heterocycles. The van der Waals surface area contributed by atoms with E-state index in [9.17, 15) is 13.9 Å². The smallest absolute Gasteiger partial charge is 0.159 e. The van der Waals surface area contributed by atoms with E-state index in [1.807, 2.05) is 29.2 Å². The van der Waals surface area contributed by atoms with Crippen molar-refractivity contribution in [3.63, 3.8) is 0 Å². The van der Waals surface area contributed by atoms with E-state index in [4.69, 9.17) is 9.47 Å². The van der Waals surface area contributed by atoms with Crippen LogP contribution in [0.5, 0.6) is 5.75 Å². The number of morpholine rings is 1. The number of hydrogen-bond donors (Lipinski definition) is 1. The summed E-state index contributed by atoms with van der Waals surface area (Å²) in [6, 6.07) is 11.2. The molecule has 0 bridgehead atoms. The third kappa shape index (κ3) is 6.40. The van der Waals surface area contributed by atoms with Crippen molar-refractivity contribution in [3.05, 3.63) is 64.1 Å². The topological polar surface area (TPSA) is 41.9 Å². The standard InChI is InChI=1S/C19H20BrF2NO3.ClH/c20-14-2-4-16(5-3-14)26-12-15(24)10-23-7-8-25-19(11-23)13-1-6-17(21)18(22)9-13;/h1-6,9,15,19,24H,7-8,10-12H2;1H. The fourth-order valence-electron chi connectivity index (χ4n) is 2.86. The number of nitrogens with zero attached hydrogens (tertiary/aromatic N) is 1. The van der Waals surface area contributed by atoms with E-state index in [1.54, 1.807) is 0 Å². The molecule has 2 atom stereocenters. The summed E-state index contributed by atoms with van der Waals surface area (Å²) in [7, 11) is 0. The summed E-state index contributed by atoms with van der Waals surface area (Å²) in [5.74, 6) is -1.07. The Labute approximate surface area is 171 Å². The molecule has 4 nitrogen and oxygen atoms in total. The predicted octanol–water partition coefficient (Wildman–Crippen LogP) is 3.96. The van der Waals surface area contributed by atoms with E-state index in [1.165, 1.54) is 6.07 Å². The molecule has 2 unspecified atom stereocenters. The fourth-order valence-corrected chi connectivity index (χ4v) is 3.12. The average Bonchev–Trinajstić information content (AvgIpc) is 2.64. The van der Waals surface area contributed by atoms with E-state index >= 15 is 0 Å². The minimum atomic E-state index is -0.883. The first-order valence-corrected chi connectivity index (χ1v) is 9.16. The van der Waals surface area contributed by atoms with Gasteiger partial charge in [-0.05, 0) is 42.0 Å². The van der Waals surface area contributed by atoms with Gasteiger partial charge in [0.15, 0.2) is 11.6 Å². The van der Waals surface area contributed by atoms with Crippen LogP contribution in [0.4, 0.5) is 8.78 Å². The first-order valence-electron chi connectivity index (χ1n) is 8.36. The molecule has 1 saturated heterocycles. The van der Waals surface area contributed by atoms with Crippen LogP contribution >= 0.6 is 28.3 Å². The molecule has 0 radical (unpaired) electrons. The summed E-state index contributed by atoms with van der Waals surface area (Å²) in [5, 5.41) is 10.2. The van der Waals surface area contributed by atoms with Gasteiger partial charge < -0.3 is 14.6 Å². The van der Waals surface area contributed by atoms with Crippen LogP contribution in [0.2, 0.25) is 0 Å². The zero-order valence-electron chi connectivity index (χ0n) is 14.5. The van der Waals surface area contributed by atoms with Gasteiger partial charge in [0.1, 0.15) is 18.5 Å². The zero-order chi connectivity index (χ0) is 18.5. The van der Waals surface area contributed by atoms with E-state index < -0.39 is 17.7 Å². The van der Waals surface area contributed by atoms with Gasteiger partial charge in [-0.2, -0.15) is 0 Å². The van der Waals surface area contributed by atoms with Gasteiger partial charge in [-0.3, -0.25) is 4.90 Å². The van der Waals surface area contributed by atoms with E-state index in [-0.39, 0.29) is 25.1 Å². The zero-order valence-corrected chi connectivity index (χ0v) is 16.9. The molecule has 3 rings (SSSR count). The number of benzene rings is 2. The van der Waals surface area contributed by atoms with Gasteiger partial charge >= 0.3 is 0 Å². The SMILES string of the molecule is Cl.OC(COc1ccc(Br)cc1)CN1CCOC(c2ccc(F)c(F)c2)C1. The normalized spacial score (nSPS) is 18.6. The van der Waals surface area contributed by atoms with Gasteiger partial charge in [0.05, 0.1) is 12.7 Å². The van der Waals surface area contributed by atoms with Crippen LogP contribution < -0.4 is 4.74 Å². The van der Waals surface area contributed by atoms with Gasteiger partial charge in [0.2, 0.25) is 0 Å². The lowest BCUT2D eigenvalue weighted by Crippen LogP contribution is -2.43.